The minimum atomic E-state index is -0.390. The number of ether oxygens (including phenoxy) is 4. The number of fused-ring (bicyclic) bond motifs is 3. The highest BCUT2D eigenvalue weighted by molar-refractivity contribution is 5.81. The van der Waals surface area contributed by atoms with Gasteiger partial charge in [0.2, 0.25) is 0 Å². The zero-order chi connectivity index (χ0) is 15.3. The number of rotatable bonds is 6. The molecular formula is C16H17FO5. The summed E-state index contributed by atoms with van der Waals surface area (Å²) >= 11 is 0. The molecule has 4 atom stereocenters. The Labute approximate surface area is 127 Å². The lowest BCUT2D eigenvalue weighted by Gasteiger charge is -2.13. The predicted octanol–water partition coefficient (Wildman–Crippen LogP) is 1.78. The summed E-state index contributed by atoms with van der Waals surface area (Å²) in [6.45, 7) is 3.74. The number of hydrogen-bond donors (Lipinski definition) is 0. The van der Waals surface area contributed by atoms with Gasteiger partial charge in [-0.2, -0.15) is 0 Å². The summed E-state index contributed by atoms with van der Waals surface area (Å²) in [6, 6.07) is 3.09. The molecule has 0 aromatic heterocycles. The highest BCUT2D eigenvalue weighted by Crippen LogP contribution is 2.60. The van der Waals surface area contributed by atoms with Crippen molar-refractivity contribution >= 4 is 5.97 Å². The summed E-state index contributed by atoms with van der Waals surface area (Å²) in [5, 5.41) is 0. The van der Waals surface area contributed by atoms with Gasteiger partial charge >= 0.3 is 5.97 Å². The van der Waals surface area contributed by atoms with Gasteiger partial charge in [-0.3, -0.25) is 4.79 Å². The van der Waals surface area contributed by atoms with Crippen LogP contribution in [0.2, 0.25) is 0 Å². The lowest BCUT2D eigenvalue weighted by Crippen LogP contribution is -2.14. The van der Waals surface area contributed by atoms with E-state index in [-0.39, 0.29) is 41.6 Å². The Kier molecular flexibility index (Phi) is 3.31. The Morgan fingerprint density at radius 2 is 2.27 bits per heavy atom. The van der Waals surface area contributed by atoms with Crippen molar-refractivity contribution < 1.29 is 28.1 Å². The van der Waals surface area contributed by atoms with Crippen molar-refractivity contribution in [3.8, 4) is 5.75 Å². The molecule has 2 aliphatic heterocycles. The van der Waals surface area contributed by atoms with Crippen LogP contribution in [0.3, 0.4) is 0 Å². The van der Waals surface area contributed by atoms with Crippen LogP contribution < -0.4 is 4.74 Å². The molecule has 118 valence electrons. The van der Waals surface area contributed by atoms with Crippen LogP contribution in [-0.2, 0) is 25.6 Å². The highest BCUT2D eigenvalue weighted by atomic mass is 19.1. The number of carbonyl (C=O) groups excluding carboxylic acids is 1. The van der Waals surface area contributed by atoms with Crippen molar-refractivity contribution in [3.63, 3.8) is 0 Å². The molecule has 5 nitrogen and oxygen atoms in total. The molecule has 0 amide bonds. The number of hydrogen-bond acceptors (Lipinski definition) is 5. The first kappa shape index (κ1) is 14.0. The molecule has 4 rings (SSSR count). The summed E-state index contributed by atoms with van der Waals surface area (Å²) in [4.78, 5) is 11.9. The molecule has 1 aromatic carbocycles. The maximum Gasteiger partial charge on any atom is 0.313 e. The topological polar surface area (TPSA) is 57.3 Å². The molecule has 0 N–H and O–H groups in total. The van der Waals surface area contributed by atoms with Crippen LogP contribution in [0.25, 0.3) is 0 Å². The van der Waals surface area contributed by atoms with E-state index in [2.05, 4.69) is 0 Å². The Hall–Kier alpha value is -1.66. The Morgan fingerprint density at radius 1 is 1.45 bits per heavy atom. The fourth-order valence-electron chi connectivity index (χ4n) is 3.12. The summed E-state index contributed by atoms with van der Waals surface area (Å²) in [5.41, 5.74) is 1.64. The minimum absolute atomic E-state index is 0.111. The highest BCUT2D eigenvalue weighted by Gasteiger charge is 2.64. The van der Waals surface area contributed by atoms with Gasteiger partial charge < -0.3 is 18.9 Å². The van der Waals surface area contributed by atoms with Crippen molar-refractivity contribution in [2.24, 2.45) is 5.92 Å². The number of esters is 1. The van der Waals surface area contributed by atoms with E-state index in [1.165, 1.54) is 6.07 Å². The van der Waals surface area contributed by atoms with E-state index in [9.17, 15) is 9.18 Å². The summed E-state index contributed by atoms with van der Waals surface area (Å²) in [6.07, 6.45) is -0.109. The third kappa shape index (κ3) is 2.27. The molecule has 0 spiro atoms. The first-order valence-electron chi connectivity index (χ1n) is 7.54. The van der Waals surface area contributed by atoms with E-state index in [0.29, 0.717) is 19.8 Å². The van der Waals surface area contributed by atoms with Crippen LogP contribution in [-0.4, -0.2) is 38.0 Å². The quantitative estimate of drug-likeness (QED) is 0.592. The van der Waals surface area contributed by atoms with Crippen molar-refractivity contribution in [3.05, 3.63) is 29.1 Å². The maximum absolute atomic E-state index is 13.9. The summed E-state index contributed by atoms with van der Waals surface area (Å²) < 4.78 is 35.3. The van der Waals surface area contributed by atoms with E-state index in [0.717, 1.165) is 17.7 Å². The zero-order valence-electron chi connectivity index (χ0n) is 12.2. The molecule has 2 heterocycles. The van der Waals surface area contributed by atoms with Crippen LogP contribution in [0, 0.1) is 11.7 Å². The number of benzene rings is 1. The van der Waals surface area contributed by atoms with Crippen LogP contribution in [0.5, 0.6) is 5.75 Å². The zero-order valence-corrected chi connectivity index (χ0v) is 12.2. The van der Waals surface area contributed by atoms with Gasteiger partial charge in [-0.25, -0.2) is 4.39 Å². The van der Waals surface area contributed by atoms with Crippen LogP contribution in [0.1, 0.15) is 24.0 Å². The SMILES string of the molecule is CCOC(=O)C1C2Oc3c(F)ccc(COC[C@H]4CO4)c3C21. The van der Waals surface area contributed by atoms with E-state index in [1.807, 2.05) is 0 Å². The fourth-order valence-corrected chi connectivity index (χ4v) is 3.12. The lowest BCUT2D eigenvalue weighted by atomic mass is 10.0. The summed E-state index contributed by atoms with van der Waals surface area (Å²) in [5.74, 6) is -0.829. The third-order valence-electron chi connectivity index (χ3n) is 4.30. The predicted molar refractivity (Wildman–Crippen MR) is 73.1 cm³/mol. The number of epoxide rings is 1. The monoisotopic (exact) mass is 308 g/mol. The molecule has 3 unspecified atom stereocenters. The van der Waals surface area contributed by atoms with Gasteiger partial charge in [0.05, 0.1) is 26.4 Å². The number of halogens is 1. The first-order chi connectivity index (χ1) is 10.7. The second-order valence-electron chi connectivity index (χ2n) is 5.81. The molecule has 1 aromatic rings. The van der Waals surface area contributed by atoms with E-state index in [1.54, 1.807) is 13.0 Å². The molecule has 6 heteroatoms. The van der Waals surface area contributed by atoms with E-state index >= 15 is 0 Å². The average molecular weight is 308 g/mol. The van der Waals surface area contributed by atoms with Gasteiger partial charge in [-0.05, 0) is 18.6 Å². The largest absolute Gasteiger partial charge is 0.485 e. The van der Waals surface area contributed by atoms with Gasteiger partial charge in [0.25, 0.3) is 0 Å². The molecule has 1 saturated heterocycles. The maximum atomic E-state index is 13.9. The molecule has 0 radical (unpaired) electrons. The fraction of sp³-hybridized carbons (Fsp3) is 0.562. The van der Waals surface area contributed by atoms with Gasteiger partial charge in [0, 0.05) is 11.5 Å². The smallest absolute Gasteiger partial charge is 0.313 e. The van der Waals surface area contributed by atoms with Crippen molar-refractivity contribution in [2.45, 2.75) is 31.7 Å². The van der Waals surface area contributed by atoms with Crippen molar-refractivity contribution in [1.29, 1.82) is 0 Å². The van der Waals surface area contributed by atoms with Crippen molar-refractivity contribution in [1.82, 2.24) is 0 Å². The second-order valence-corrected chi connectivity index (χ2v) is 5.81. The van der Waals surface area contributed by atoms with E-state index in [4.69, 9.17) is 18.9 Å². The molecule has 1 aliphatic carbocycles. The standard InChI is InChI=1S/C16H17FO5/c1-2-20-16(18)13-12-11-8(5-19-6-9-7-21-9)3-4-10(17)14(11)22-15(12)13/h3-4,9,12-13,15H,2,5-7H2,1H3/t9-,12?,13?,15?/m0/s1. The molecular weight excluding hydrogens is 291 g/mol. The minimum Gasteiger partial charge on any atom is -0.485 e. The molecule has 3 aliphatic rings. The Morgan fingerprint density at radius 3 is 3.00 bits per heavy atom. The van der Waals surface area contributed by atoms with Gasteiger partial charge in [0.1, 0.15) is 18.1 Å². The van der Waals surface area contributed by atoms with Gasteiger partial charge in [-0.15, -0.1) is 0 Å². The Bertz CT molecular complexity index is 613. The molecule has 2 fully saturated rings. The van der Waals surface area contributed by atoms with Crippen LogP contribution >= 0.6 is 0 Å². The first-order valence-corrected chi connectivity index (χ1v) is 7.54. The molecule has 0 bridgehead atoms. The second kappa shape index (κ2) is 5.21. The molecule has 22 heavy (non-hydrogen) atoms. The van der Waals surface area contributed by atoms with Gasteiger partial charge in [0.15, 0.2) is 11.6 Å². The molecule has 1 saturated carbocycles. The van der Waals surface area contributed by atoms with E-state index < -0.39 is 0 Å². The average Bonchev–Trinajstić information content (AvgIpc) is 3.40. The van der Waals surface area contributed by atoms with Gasteiger partial charge in [-0.1, -0.05) is 6.07 Å². The lowest BCUT2D eigenvalue weighted by molar-refractivity contribution is -0.145. The van der Waals surface area contributed by atoms with Crippen molar-refractivity contribution in [2.75, 3.05) is 19.8 Å². The third-order valence-corrected chi connectivity index (χ3v) is 4.30. The summed E-state index contributed by atoms with van der Waals surface area (Å²) in [7, 11) is 0. The van der Waals surface area contributed by atoms with Crippen LogP contribution in [0.15, 0.2) is 12.1 Å². The normalized spacial score (nSPS) is 30.3. The Balaban J connectivity index is 1.53. The number of carbonyl (C=O) groups is 1. The van der Waals surface area contributed by atoms with Crippen LogP contribution in [0.4, 0.5) is 4.39 Å².